The molecule has 2 atom stereocenters. The summed E-state index contributed by atoms with van der Waals surface area (Å²) in [5.74, 6) is -2.25. The van der Waals surface area contributed by atoms with Gasteiger partial charge in [-0.1, -0.05) is 48.5 Å². The van der Waals surface area contributed by atoms with E-state index in [2.05, 4.69) is 10.2 Å². The van der Waals surface area contributed by atoms with Gasteiger partial charge in [0.15, 0.2) is 0 Å². The van der Waals surface area contributed by atoms with Gasteiger partial charge in [-0.2, -0.15) is 0 Å². The van der Waals surface area contributed by atoms with Crippen LogP contribution in [-0.2, 0) is 19.1 Å². The van der Waals surface area contributed by atoms with Crippen LogP contribution in [0.25, 0.3) is 11.1 Å². The SMILES string of the molecule is [2H]C(C(=O)O)[C@H](NC(=O)OCC1c2ccccc2-c2ccccc21)C(=O)N1CCN(C2COC2)CC1. The van der Waals surface area contributed by atoms with Crippen LogP contribution in [0.3, 0.4) is 0 Å². The number of carboxylic acid groups (broad SMARTS) is 1. The van der Waals surface area contributed by atoms with Crippen molar-refractivity contribution < 1.29 is 30.3 Å². The van der Waals surface area contributed by atoms with Gasteiger partial charge in [0.05, 0.1) is 25.7 Å². The second-order valence-corrected chi connectivity index (χ2v) is 9.00. The molecule has 2 heterocycles. The third kappa shape index (κ3) is 4.87. The molecule has 1 aliphatic carbocycles. The molecule has 3 aliphatic rings. The fraction of sp³-hybridized carbons (Fsp3) is 0.423. The van der Waals surface area contributed by atoms with E-state index in [0.717, 1.165) is 22.3 Å². The Bertz CT molecular complexity index is 1100. The third-order valence-electron chi connectivity index (χ3n) is 6.96. The Balaban J connectivity index is 1.23. The fourth-order valence-corrected chi connectivity index (χ4v) is 5.02. The molecule has 2 aromatic carbocycles. The molecule has 184 valence electrons. The van der Waals surface area contributed by atoms with Crippen LogP contribution in [0.5, 0.6) is 0 Å². The van der Waals surface area contributed by atoms with E-state index in [1.165, 1.54) is 4.90 Å². The molecule has 2 saturated heterocycles. The maximum Gasteiger partial charge on any atom is 0.407 e. The van der Waals surface area contributed by atoms with Crippen molar-refractivity contribution in [2.45, 2.75) is 24.4 Å². The number of piperazine rings is 1. The zero-order valence-corrected chi connectivity index (χ0v) is 19.3. The molecule has 1 unspecified atom stereocenters. The molecule has 0 saturated carbocycles. The van der Waals surface area contributed by atoms with Crippen LogP contribution in [0.2, 0.25) is 0 Å². The van der Waals surface area contributed by atoms with E-state index >= 15 is 0 Å². The summed E-state index contributed by atoms with van der Waals surface area (Å²) < 4.78 is 18.7. The molecule has 9 nitrogen and oxygen atoms in total. The summed E-state index contributed by atoms with van der Waals surface area (Å²) in [6.07, 6.45) is -2.77. The first kappa shape index (κ1) is 22.1. The highest BCUT2D eigenvalue weighted by Crippen LogP contribution is 2.44. The van der Waals surface area contributed by atoms with Gasteiger partial charge in [0.2, 0.25) is 5.91 Å². The molecule has 2 N–H and O–H groups in total. The van der Waals surface area contributed by atoms with Gasteiger partial charge in [0.1, 0.15) is 12.6 Å². The molecule has 2 aromatic rings. The normalized spacial score (nSPS) is 20.1. The van der Waals surface area contributed by atoms with E-state index in [-0.39, 0.29) is 12.5 Å². The number of fused-ring (bicyclic) bond motifs is 3. The van der Waals surface area contributed by atoms with Gasteiger partial charge in [0, 0.05) is 33.5 Å². The second kappa shape index (κ2) is 10.1. The number of nitrogens with zero attached hydrogens (tertiary/aromatic N) is 2. The number of rotatable bonds is 7. The first-order chi connectivity index (χ1) is 17.4. The van der Waals surface area contributed by atoms with E-state index < -0.39 is 30.4 Å². The first-order valence-corrected chi connectivity index (χ1v) is 11.8. The van der Waals surface area contributed by atoms with E-state index in [1.807, 2.05) is 48.5 Å². The van der Waals surface area contributed by atoms with Crippen molar-refractivity contribution in [3.63, 3.8) is 0 Å². The largest absolute Gasteiger partial charge is 0.481 e. The first-order valence-electron chi connectivity index (χ1n) is 12.4. The topological polar surface area (TPSA) is 108 Å². The number of hydrogen-bond donors (Lipinski definition) is 2. The van der Waals surface area contributed by atoms with Gasteiger partial charge in [-0.25, -0.2) is 4.79 Å². The minimum absolute atomic E-state index is 0.0264. The Morgan fingerprint density at radius 3 is 2.17 bits per heavy atom. The lowest BCUT2D eigenvalue weighted by atomic mass is 9.98. The third-order valence-corrected chi connectivity index (χ3v) is 6.96. The number of carbonyl (C=O) groups excluding carboxylic acids is 2. The number of amides is 2. The summed E-state index contributed by atoms with van der Waals surface area (Å²) >= 11 is 0. The number of hydrogen-bond acceptors (Lipinski definition) is 6. The smallest absolute Gasteiger partial charge is 0.407 e. The summed E-state index contributed by atoms with van der Waals surface area (Å²) in [6.45, 7) is 3.43. The van der Waals surface area contributed by atoms with Crippen LogP contribution in [-0.4, -0.2) is 91.0 Å². The van der Waals surface area contributed by atoms with Gasteiger partial charge in [-0.15, -0.1) is 0 Å². The van der Waals surface area contributed by atoms with E-state index in [9.17, 15) is 19.5 Å². The molecular formula is C26H29N3O6. The summed E-state index contributed by atoms with van der Waals surface area (Å²) in [6, 6.07) is 14.6. The summed E-state index contributed by atoms with van der Waals surface area (Å²) in [7, 11) is 0. The standard InChI is InChI=1S/C26H29N3O6/c30-24(31)13-23(25(32)29-11-9-28(10-12-29)17-14-34-15-17)27-26(33)35-16-22-20-7-3-1-5-18(20)19-6-2-4-8-21(19)22/h1-8,17,22-23H,9-16H2,(H,27,33)(H,30,31)/t23-/m0/s1/i13D/t13?,23-. The number of alkyl carbamates (subject to hydrolysis) is 1. The van der Waals surface area contributed by atoms with E-state index in [1.54, 1.807) is 0 Å². The molecule has 2 amide bonds. The summed E-state index contributed by atoms with van der Waals surface area (Å²) in [5, 5.41) is 11.8. The minimum atomic E-state index is -1.85. The zero-order chi connectivity index (χ0) is 25.2. The Morgan fingerprint density at radius 2 is 1.63 bits per heavy atom. The quantitative estimate of drug-likeness (QED) is 0.623. The number of nitrogens with one attached hydrogen (secondary N) is 1. The highest BCUT2D eigenvalue weighted by atomic mass is 16.5. The number of ether oxygens (including phenoxy) is 2. The molecule has 0 radical (unpaired) electrons. The second-order valence-electron chi connectivity index (χ2n) is 9.00. The lowest BCUT2D eigenvalue weighted by Gasteiger charge is -2.43. The molecule has 2 fully saturated rings. The molecule has 35 heavy (non-hydrogen) atoms. The van der Waals surface area contributed by atoms with Gasteiger partial charge in [-0.05, 0) is 22.3 Å². The summed E-state index contributed by atoms with van der Waals surface area (Å²) in [4.78, 5) is 41.2. The van der Waals surface area contributed by atoms with Gasteiger partial charge < -0.3 is 24.8 Å². The Hall–Kier alpha value is -3.43. The predicted octanol–water partition coefficient (Wildman–Crippen LogP) is 1.91. The average Bonchev–Trinajstić information content (AvgIpc) is 3.18. The maximum atomic E-state index is 13.2. The van der Waals surface area contributed by atoms with Crippen molar-refractivity contribution in [1.82, 2.24) is 15.1 Å². The highest BCUT2D eigenvalue weighted by Gasteiger charge is 2.34. The fourth-order valence-electron chi connectivity index (χ4n) is 5.02. The number of carbonyl (C=O) groups is 3. The molecule has 0 bridgehead atoms. The van der Waals surface area contributed by atoms with Crippen molar-refractivity contribution in [3.05, 3.63) is 59.7 Å². The zero-order valence-electron chi connectivity index (χ0n) is 20.3. The van der Waals surface area contributed by atoms with Crippen LogP contribution in [0.4, 0.5) is 4.79 Å². The van der Waals surface area contributed by atoms with E-state index in [4.69, 9.17) is 10.8 Å². The molecule has 0 aromatic heterocycles. The van der Waals surface area contributed by atoms with E-state index in [0.29, 0.717) is 45.4 Å². The van der Waals surface area contributed by atoms with Crippen molar-refractivity contribution in [2.75, 3.05) is 46.0 Å². The monoisotopic (exact) mass is 480 g/mol. The van der Waals surface area contributed by atoms with Crippen molar-refractivity contribution in [2.24, 2.45) is 0 Å². The lowest BCUT2D eigenvalue weighted by molar-refractivity contribution is -0.144. The van der Waals surface area contributed by atoms with Crippen molar-refractivity contribution >= 4 is 18.0 Å². The number of carboxylic acids is 1. The lowest BCUT2D eigenvalue weighted by Crippen LogP contribution is -2.60. The van der Waals surface area contributed by atoms with Crippen LogP contribution in [0.15, 0.2) is 48.5 Å². The van der Waals surface area contributed by atoms with Crippen LogP contribution >= 0.6 is 0 Å². The van der Waals surface area contributed by atoms with Crippen molar-refractivity contribution in [3.8, 4) is 11.1 Å². The Morgan fingerprint density at radius 1 is 1.03 bits per heavy atom. The van der Waals surface area contributed by atoms with Gasteiger partial charge in [-0.3, -0.25) is 14.5 Å². The predicted molar refractivity (Wildman–Crippen MR) is 127 cm³/mol. The number of aliphatic carboxylic acids is 1. The van der Waals surface area contributed by atoms with Crippen LogP contribution < -0.4 is 5.32 Å². The molecule has 9 heteroatoms. The van der Waals surface area contributed by atoms with Crippen LogP contribution in [0.1, 0.15) is 24.8 Å². The van der Waals surface area contributed by atoms with Crippen molar-refractivity contribution in [1.29, 1.82) is 0 Å². The minimum Gasteiger partial charge on any atom is -0.481 e. The Kier molecular flexibility index (Phi) is 6.34. The average molecular weight is 481 g/mol. The molecular weight excluding hydrogens is 450 g/mol. The van der Waals surface area contributed by atoms with Gasteiger partial charge >= 0.3 is 12.1 Å². The molecule has 2 aliphatic heterocycles. The Labute approximate surface area is 205 Å². The van der Waals surface area contributed by atoms with Gasteiger partial charge in [0.25, 0.3) is 0 Å². The number of benzene rings is 2. The molecule has 0 spiro atoms. The highest BCUT2D eigenvalue weighted by molar-refractivity contribution is 5.89. The van der Waals surface area contributed by atoms with Crippen LogP contribution in [0, 0.1) is 0 Å². The molecule has 5 rings (SSSR count). The summed E-state index contributed by atoms with van der Waals surface area (Å²) in [5.41, 5.74) is 4.25. The maximum absolute atomic E-state index is 13.2.